The summed E-state index contributed by atoms with van der Waals surface area (Å²) in [6.07, 6.45) is 4.55. The standard InChI is InChI=1S/C34H38O12/c1-37-24-12-11-23(19-25(24)38-2)30(46-32(36)14-10-22-17-28(41-5)34(44-8)29(18-22)42-6)20-45-31(35)13-9-21-15-26(39-3)33(43-7)27(16-21)40-4/h9-19,30H,20H2,1-8H3/b13-9+,14-10+/t30-/m1/s1. The molecule has 1 atom stereocenters. The fourth-order valence-electron chi connectivity index (χ4n) is 4.36. The molecule has 0 fully saturated rings. The summed E-state index contributed by atoms with van der Waals surface area (Å²) in [7, 11) is 12.0. The summed E-state index contributed by atoms with van der Waals surface area (Å²) in [5.74, 6) is 2.04. The molecular weight excluding hydrogens is 600 g/mol. The van der Waals surface area contributed by atoms with Crippen molar-refractivity contribution in [3.63, 3.8) is 0 Å². The highest BCUT2D eigenvalue weighted by Crippen LogP contribution is 2.39. The van der Waals surface area contributed by atoms with Crippen molar-refractivity contribution < 1.29 is 57.0 Å². The number of hydrogen-bond acceptors (Lipinski definition) is 12. The molecule has 3 aromatic rings. The van der Waals surface area contributed by atoms with Gasteiger partial charge in [-0.25, -0.2) is 9.59 Å². The van der Waals surface area contributed by atoms with E-state index < -0.39 is 18.0 Å². The molecule has 0 saturated carbocycles. The Kier molecular flexibility index (Phi) is 13.0. The van der Waals surface area contributed by atoms with Gasteiger partial charge in [0.1, 0.15) is 6.61 Å². The topological polar surface area (TPSA) is 126 Å². The van der Waals surface area contributed by atoms with Gasteiger partial charge in [-0.3, -0.25) is 0 Å². The van der Waals surface area contributed by atoms with Crippen molar-refractivity contribution in [1.82, 2.24) is 0 Å². The van der Waals surface area contributed by atoms with E-state index in [-0.39, 0.29) is 6.61 Å². The number of carbonyl (C=O) groups excluding carboxylic acids is 2. The molecule has 46 heavy (non-hydrogen) atoms. The van der Waals surface area contributed by atoms with E-state index in [1.165, 1.54) is 81.2 Å². The Balaban J connectivity index is 1.82. The molecule has 0 saturated heterocycles. The summed E-state index contributed by atoms with van der Waals surface area (Å²) >= 11 is 0. The van der Waals surface area contributed by atoms with Crippen LogP contribution in [0.2, 0.25) is 0 Å². The molecule has 3 aromatic carbocycles. The van der Waals surface area contributed by atoms with E-state index in [0.29, 0.717) is 62.7 Å². The molecule has 0 aliphatic carbocycles. The van der Waals surface area contributed by atoms with E-state index in [0.717, 1.165) is 0 Å². The molecule has 0 aromatic heterocycles. The van der Waals surface area contributed by atoms with Crippen molar-refractivity contribution in [1.29, 1.82) is 0 Å². The van der Waals surface area contributed by atoms with Gasteiger partial charge in [-0.05, 0) is 65.2 Å². The second-order valence-electron chi connectivity index (χ2n) is 9.25. The van der Waals surface area contributed by atoms with Crippen LogP contribution < -0.4 is 37.9 Å². The monoisotopic (exact) mass is 638 g/mol. The van der Waals surface area contributed by atoms with Gasteiger partial charge in [-0.2, -0.15) is 0 Å². The molecule has 0 heterocycles. The first-order valence-electron chi connectivity index (χ1n) is 13.8. The predicted octanol–water partition coefficient (Wildman–Crippen LogP) is 5.31. The van der Waals surface area contributed by atoms with Gasteiger partial charge in [0.05, 0.1) is 56.9 Å². The van der Waals surface area contributed by atoms with Crippen LogP contribution in [0.15, 0.2) is 54.6 Å². The summed E-state index contributed by atoms with van der Waals surface area (Å²) in [6, 6.07) is 11.7. The number of benzene rings is 3. The molecule has 0 N–H and O–H groups in total. The van der Waals surface area contributed by atoms with Gasteiger partial charge in [0.2, 0.25) is 11.5 Å². The molecule has 0 unspecified atom stereocenters. The SMILES string of the molecule is COc1ccc([C@@H](COC(=O)/C=C/c2cc(OC)c(OC)c(OC)c2)OC(=O)/C=C/c2cc(OC)c(OC)c(OC)c2)cc1OC. The zero-order valence-corrected chi connectivity index (χ0v) is 27.0. The maximum absolute atomic E-state index is 13.0. The number of carbonyl (C=O) groups is 2. The lowest BCUT2D eigenvalue weighted by Crippen LogP contribution is -2.17. The van der Waals surface area contributed by atoms with Crippen LogP contribution in [0.5, 0.6) is 46.0 Å². The van der Waals surface area contributed by atoms with Crippen molar-refractivity contribution in [2.45, 2.75) is 6.10 Å². The quantitative estimate of drug-likeness (QED) is 0.149. The van der Waals surface area contributed by atoms with Crippen LogP contribution in [0, 0.1) is 0 Å². The van der Waals surface area contributed by atoms with Gasteiger partial charge < -0.3 is 47.4 Å². The van der Waals surface area contributed by atoms with E-state index in [9.17, 15) is 9.59 Å². The Bertz CT molecular complexity index is 1510. The van der Waals surface area contributed by atoms with E-state index >= 15 is 0 Å². The Morgan fingerprint density at radius 2 is 0.978 bits per heavy atom. The van der Waals surface area contributed by atoms with E-state index in [2.05, 4.69) is 0 Å². The number of hydrogen-bond donors (Lipinski definition) is 0. The number of methoxy groups -OCH3 is 8. The maximum Gasteiger partial charge on any atom is 0.331 e. The first-order chi connectivity index (χ1) is 22.2. The minimum atomic E-state index is -0.990. The lowest BCUT2D eigenvalue weighted by Gasteiger charge is -2.19. The minimum Gasteiger partial charge on any atom is -0.493 e. The fraction of sp³-hybridized carbons (Fsp3) is 0.294. The van der Waals surface area contributed by atoms with E-state index in [4.69, 9.17) is 47.4 Å². The van der Waals surface area contributed by atoms with Gasteiger partial charge in [0.25, 0.3) is 0 Å². The van der Waals surface area contributed by atoms with Gasteiger partial charge in [-0.1, -0.05) is 6.07 Å². The largest absolute Gasteiger partial charge is 0.493 e. The van der Waals surface area contributed by atoms with Crippen molar-refractivity contribution in [3.05, 3.63) is 71.3 Å². The molecular formula is C34H38O12. The van der Waals surface area contributed by atoms with Crippen LogP contribution in [0.1, 0.15) is 22.8 Å². The van der Waals surface area contributed by atoms with Crippen LogP contribution in [0.25, 0.3) is 12.2 Å². The third kappa shape index (κ3) is 8.78. The Labute approximate surface area is 267 Å². The predicted molar refractivity (Wildman–Crippen MR) is 170 cm³/mol. The van der Waals surface area contributed by atoms with E-state index in [1.807, 2.05) is 0 Å². The lowest BCUT2D eigenvalue weighted by atomic mass is 10.1. The van der Waals surface area contributed by atoms with Gasteiger partial charge in [-0.15, -0.1) is 0 Å². The van der Waals surface area contributed by atoms with Crippen LogP contribution in [0.3, 0.4) is 0 Å². The summed E-state index contributed by atoms with van der Waals surface area (Å²) in [6.45, 7) is -0.294. The van der Waals surface area contributed by atoms with Crippen LogP contribution in [0.4, 0.5) is 0 Å². The molecule has 12 heteroatoms. The number of esters is 2. The molecule has 246 valence electrons. The molecule has 0 bridgehead atoms. The molecule has 12 nitrogen and oxygen atoms in total. The number of ether oxygens (including phenoxy) is 10. The Morgan fingerprint density at radius 1 is 0.543 bits per heavy atom. The highest BCUT2D eigenvalue weighted by Gasteiger charge is 2.21. The van der Waals surface area contributed by atoms with Gasteiger partial charge in [0.15, 0.2) is 40.6 Å². The average molecular weight is 639 g/mol. The Morgan fingerprint density at radius 3 is 1.39 bits per heavy atom. The normalized spacial score (nSPS) is 11.5. The first kappa shape index (κ1) is 35.0. The summed E-state index contributed by atoms with van der Waals surface area (Å²) in [5.41, 5.74) is 1.71. The molecule has 0 aliphatic heterocycles. The van der Waals surface area contributed by atoms with Crippen molar-refractivity contribution in [2.24, 2.45) is 0 Å². The Hall–Kier alpha value is -5.52. The van der Waals surface area contributed by atoms with Gasteiger partial charge in [0, 0.05) is 12.2 Å². The van der Waals surface area contributed by atoms with Gasteiger partial charge >= 0.3 is 11.9 Å². The average Bonchev–Trinajstić information content (AvgIpc) is 3.09. The fourth-order valence-corrected chi connectivity index (χ4v) is 4.36. The highest BCUT2D eigenvalue weighted by atomic mass is 16.6. The van der Waals surface area contributed by atoms with Crippen LogP contribution >= 0.6 is 0 Å². The van der Waals surface area contributed by atoms with Crippen LogP contribution in [-0.4, -0.2) is 75.4 Å². The van der Waals surface area contributed by atoms with Crippen molar-refractivity contribution in [3.8, 4) is 46.0 Å². The zero-order chi connectivity index (χ0) is 33.6. The third-order valence-corrected chi connectivity index (χ3v) is 6.61. The lowest BCUT2D eigenvalue weighted by molar-refractivity contribution is -0.153. The molecule has 0 aliphatic rings. The van der Waals surface area contributed by atoms with Crippen molar-refractivity contribution in [2.75, 3.05) is 63.5 Å². The molecule has 0 spiro atoms. The second-order valence-corrected chi connectivity index (χ2v) is 9.25. The molecule has 0 amide bonds. The highest BCUT2D eigenvalue weighted by molar-refractivity contribution is 5.88. The van der Waals surface area contributed by atoms with Crippen LogP contribution in [-0.2, 0) is 19.1 Å². The summed E-state index contributed by atoms with van der Waals surface area (Å²) in [4.78, 5) is 25.7. The smallest absolute Gasteiger partial charge is 0.331 e. The molecule has 3 rings (SSSR count). The minimum absolute atomic E-state index is 0.294. The number of rotatable bonds is 16. The maximum atomic E-state index is 13.0. The first-order valence-corrected chi connectivity index (χ1v) is 13.8. The second kappa shape index (κ2) is 17.1. The molecule has 0 radical (unpaired) electrons. The summed E-state index contributed by atoms with van der Waals surface area (Å²) < 4.78 is 54.1. The van der Waals surface area contributed by atoms with Crippen molar-refractivity contribution >= 4 is 24.1 Å². The summed E-state index contributed by atoms with van der Waals surface area (Å²) in [5, 5.41) is 0. The third-order valence-electron chi connectivity index (χ3n) is 6.61. The zero-order valence-electron chi connectivity index (χ0n) is 27.0. The van der Waals surface area contributed by atoms with E-state index in [1.54, 1.807) is 42.5 Å².